The third-order valence-corrected chi connectivity index (χ3v) is 3.13. The molecule has 0 fully saturated rings. The van der Waals surface area contributed by atoms with Crippen molar-refractivity contribution < 1.29 is 0 Å². The first-order valence-corrected chi connectivity index (χ1v) is 6.36. The summed E-state index contributed by atoms with van der Waals surface area (Å²) in [5.41, 5.74) is 2.21. The Balaban J connectivity index is 2.41. The van der Waals surface area contributed by atoms with E-state index in [0.717, 1.165) is 16.3 Å². The molecule has 18 heavy (non-hydrogen) atoms. The van der Waals surface area contributed by atoms with Gasteiger partial charge in [-0.2, -0.15) is 0 Å². The van der Waals surface area contributed by atoms with E-state index in [1.165, 1.54) is 5.69 Å². The topological polar surface area (TPSA) is 46.5 Å². The fourth-order valence-corrected chi connectivity index (χ4v) is 2.15. The van der Waals surface area contributed by atoms with Gasteiger partial charge in [-0.25, -0.2) is 9.97 Å². The zero-order chi connectivity index (χ0) is 13.3. The normalized spacial score (nSPS) is 11.8. The Morgan fingerprint density at radius 3 is 2.72 bits per heavy atom. The Bertz CT molecular complexity index is 604. The summed E-state index contributed by atoms with van der Waals surface area (Å²) in [4.78, 5) is 11.6. The van der Waals surface area contributed by atoms with Crippen molar-refractivity contribution >= 4 is 12.2 Å². The Morgan fingerprint density at radius 2 is 2.11 bits per heavy atom. The molecule has 1 N–H and O–H groups in total. The zero-order valence-corrected chi connectivity index (χ0v) is 12.0. The molecule has 0 saturated heterocycles. The van der Waals surface area contributed by atoms with Crippen molar-refractivity contribution in [2.24, 2.45) is 0 Å². The number of aromatic amines is 1. The lowest BCUT2D eigenvalue weighted by Gasteiger charge is -2.20. The number of nitrogens with one attached hydrogen (secondary N) is 1. The quantitative estimate of drug-likeness (QED) is 0.846. The van der Waals surface area contributed by atoms with E-state index >= 15 is 0 Å². The van der Waals surface area contributed by atoms with Crippen molar-refractivity contribution in [1.29, 1.82) is 0 Å². The Morgan fingerprint density at radius 1 is 1.39 bits per heavy atom. The second-order valence-corrected chi connectivity index (χ2v) is 5.80. The molecule has 0 aliphatic carbocycles. The number of rotatable bonds is 2. The Kier molecular flexibility index (Phi) is 3.34. The van der Waals surface area contributed by atoms with Crippen LogP contribution in [0.4, 0.5) is 0 Å². The minimum absolute atomic E-state index is 0.0512. The van der Waals surface area contributed by atoms with Gasteiger partial charge < -0.3 is 9.55 Å². The van der Waals surface area contributed by atoms with E-state index in [1.54, 1.807) is 6.20 Å². The predicted octanol–water partition coefficient (Wildman–Crippen LogP) is 2.99. The maximum absolute atomic E-state index is 5.34. The maximum atomic E-state index is 5.34. The molecule has 4 nitrogen and oxygen atoms in total. The fourth-order valence-electron chi connectivity index (χ4n) is 1.93. The van der Waals surface area contributed by atoms with Gasteiger partial charge in [0.1, 0.15) is 5.82 Å². The van der Waals surface area contributed by atoms with Crippen LogP contribution in [-0.2, 0) is 12.0 Å². The molecule has 2 rings (SSSR count). The number of hydrogen-bond acceptors (Lipinski definition) is 3. The standard InChI is InChI=1S/C13H18N4S/c1-9-14-6-5-10(16-9)8-17-11(13(2,3)4)7-15-12(17)18/h5-7H,8H2,1-4H3,(H,15,18). The van der Waals surface area contributed by atoms with Gasteiger partial charge in [0, 0.05) is 23.5 Å². The number of aryl methyl sites for hydroxylation is 1. The SMILES string of the molecule is Cc1nccc(Cn2c(C(C)(C)C)c[nH]c2=S)n1. The summed E-state index contributed by atoms with van der Waals surface area (Å²) in [7, 11) is 0. The van der Waals surface area contributed by atoms with Gasteiger partial charge >= 0.3 is 0 Å². The van der Waals surface area contributed by atoms with Crippen LogP contribution in [0.5, 0.6) is 0 Å². The Hall–Kier alpha value is -1.49. The van der Waals surface area contributed by atoms with Gasteiger partial charge in [-0.05, 0) is 25.2 Å². The van der Waals surface area contributed by atoms with Crippen LogP contribution < -0.4 is 0 Å². The van der Waals surface area contributed by atoms with Crippen LogP contribution in [0.2, 0.25) is 0 Å². The molecular formula is C13H18N4S. The van der Waals surface area contributed by atoms with Gasteiger partial charge in [0.2, 0.25) is 0 Å². The summed E-state index contributed by atoms with van der Waals surface area (Å²) in [6.07, 6.45) is 3.76. The molecule has 0 aliphatic rings. The average molecular weight is 262 g/mol. The minimum Gasteiger partial charge on any atom is -0.337 e. The van der Waals surface area contributed by atoms with E-state index in [1.807, 2.05) is 19.2 Å². The summed E-state index contributed by atoms with van der Waals surface area (Å²) in [6, 6.07) is 1.92. The molecule has 5 heteroatoms. The van der Waals surface area contributed by atoms with E-state index in [2.05, 4.69) is 40.3 Å². The summed E-state index contributed by atoms with van der Waals surface area (Å²) < 4.78 is 2.83. The summed E-state index contributed by atoms with van der Waals surface area (Å²) in [6.45, 7) is 9.09. The van der Waals surface area contributed by atoms with Gasteiger partial charge in [0.15, 0.2) is 4.77 Å². The van der Waals surface area contributed by atoms with Crippen LogP contribution in [0.25, 0.3) is 0 Å². The van der Waals surface area contributed by atoms with E-state index in [-0.39, 0.29) is 5.41 Å². The molecule has 0 unspecified atom stereocenters. The molecule has 0 spiro atoms. The lowest BCUT2D eigenvalue weighted by Crippen LogP contribution is -2.18. The Labute approximate surface area is 112 Å². The van der Waals surface area contributed by atoms with Crippen LogP contribution >= 0.6 is 12.2 Å². The van der Waals surface area contributed by atoms with Crippen LogP contribution in [-0.4, -0.2) is 19.5 Å². The second-order valence-electron chi connectivity index (χ2n) is 5.41. The van der Waals surface area contributed by atoms with Crippen LogP contribution in [0, 0.1) is 11.7 Å². The van der Waals surface area contributed by atoms with Crippen LogP contribution in [0.1, 0.15) is 38.0 Å². The summed E-state index contributed by atoms with van der Waals surface area (Å²) >= 11 is 5.34. The second kappa shape index (κ2) is 4.65. The first-order valence-electron chi connectivity index (χ1n) is 5.95. The van der Waals surface area contributed by atoms with Crippen molar-refractivity contribution in [3.8, 4) is 0 Å². The van der Waals surface area contributed by atoms with E-state index in [4.69, 9.17) is 12.2 Å². The number of hydrogen-bond donors (Lipinski definition) is 1. The number of H-pyrrole nitrogens is 1. The van der Waals surface area contributed by atoms with Crippen molar-refractivity contribution in [2.75, 3.05) is 0 Å². The predicted molar refractivity (Wildman–Crippen MR) is 74.2 cm³/mol. The largest absolute Gasteiger partial charge is 0.337 e. The number of imidazole rings is 1. The average Bonchev–Trinajstić information content (AvgIpc) is 2.60. The van der Waals surface area contributed by atoms with Crippen molar-refractivity contribution in [3.63, 3.8) is 0 Å². The molecule has 2 heterocycles. The fraction of sp³-hybridized carbons (Fsp3) is 0.462. The molecule has 0 aliphatic heterocycles. The molecule has 0 atom stereocenters. The number of nitrogens with zero attached hydrogens (tertiary/aromatic N) is 3. The van der Waals surface area contributed by atoms with Gasteiger partial charge in [-0.15, -0.1) is 0 Å². The third-order valence-electron chi connectivity index (χ3n) is 2.79. The lowest BCUT2D eigenvalue weighted by molar-refractivity contribution is 0.527. The minimum atomic E-state index is 0.0512. The molecule has 0 radical (unpaired) electrons. The molecule has 96 valence electrons. The highest BCUT2D eigenvalue weighted by molar-refractivity contribution is 7.71. The van der Waals surface area contributed by atoms with Crippen molar-refractivity contribution in [2.45, 2.75) is 39.7 Å². The third kappa shape index (κ3) is 2.67. The maximum Gasteiger partial charge on any atom is 0.177 e. The molecular weight excluding hydrogens is 244 g/mol. The monoisotopic (exact) mass is 262 g/mol. The highest BCUT2D eigenvalue weighted by Crippen LogP contribution is 2.22. The summed E-state index contributed by atoms with van der Waals surface area (Å²) in [5.74, 6) is 0.784. The first-order chi connectivity index (χ1) is 8.38. The van der Waals surface area contributed by atoms with Gasteiger partial charge in [0.25, 0.3) is 0 Å². The summed E-state index contributed by atoms with van der Waals surface area (Å²) in [5, 5.41) is 0. The van der Waals surface area contributed by atoms with Crippen molar-refractivity contribution in [1.82, 2.24) is 19.5 Å². The van der Waals surface area contributed by atoms with E-state index in [9.17, 15) is 0 Å². The van der Waals surface area contributed by atoms with E-state index in [0.29, 0.717) is 6.54 Å². The van der Waals surface area contributed by atoms with Crippen LogP contribution in [0.15, 0.2) is 18.5 Å². The van der Waals surface area contributed by atoms with Crippen LogP contribution in [0.3, 0.4) is 0 Å². The van der Waals surface area contributed by atoms with Gasteiger partial charge in [0.05, 0.1) is 12.2 Å². The molecule has 2 aromatic heterocycles. The van der Waals surface area contributed by atoms with Gasteiger partial charge in [-0.1, -0.05) is 20.8 Å². The first kappa shape index (κ1) is 13.0. The number of aromatic nitrogens is 4. The van der Waals surface area contributed by atoms with Crippen molar-refractivity contribution in [3.05, 3.63) is 40.4 Å². The molecule has 0 amide bonds. The highest BCUT2D eigenvalue weighted by Gasteiger charge is 2.19. The molecule has 0 saturated carbocycles. The highest BCUT2D eigenvalue weighted by atomic mass is 32.1. The molecule has 0 bridgehead atoms. The van der Waals surface area contributed by atoms with Gasteiger partial charge in [-0.3, -0.25) is 0 Å². The zero-order valence-electron chi connectivity index (χ0n) is 11.2. The van der Waals surface area contributed by atoms with E-state index < -0.39 is 0 Å². The smallest absolute Gasteiger partial charge is 0.177 e. The molecule has 2 aromatic rings. The lowest BCUT2D eigenvalue weighted by atomic mass is 9.92. The molecule has 0 aromatic carbocycles.